The number of urea groups is 1. The van der Waals surface area contributed by atoms with Gasteiger partial charge in [-0.15, -0.1) is 0 Å². The average molecular weight is 321 g/mol. The molecular weight excluding hydrogens is 306 g/mol. The molecule has 8 nitrogen and oxygen atoms in total. The zero-order valence-electron chi connectivity index (χ0n) is 11.7. The third-order valence-electron chi connectivity index (χ3n) is 2.84. The number of nitrogens with one attached hydrogen (secondary N) is 2. The van der Waals surface area contributed by atoms with Crippen LogP contribution in [0.15, 0.2) is 47.9 Å². The Balaban J connectivity index is 2.04. The van der Waals surface area contributed by atoms with Gasteiger partial charge in [0.25, 0.3) is 10.0 Å². The number of sulfonamides is 1. The SMILES string of the molecule is CC(NC(=O)Nc1ccnc(S(N)(=O)=O)c1)c1ccncc1. The molecule has 2 amide bonds. The summed E-state index contributed by atoms with van der Waals surface area (Å²) in [6.07, 6.45) is 4.51. The van der Waals surface area contributed by atoms with Crippen LogP contribution in [-0.2, 0) is 10.0 Å². The van der Waals surface area contributed by atoms with Gasteiger partial charge in [0.1, 0.15) is 0 Å². The number of hydrogen-bond acceptors (Lipinski definition) is 5. The molecule has 2 heterocycles. The van der Waals surface area contributed by atoms with Gasteiger partial charge in [-0.2, -0.15) is 0 Å². The van der Waals surface area contributed by atoms with Crippen molar-refractivity contribution < 1.29 is 13.2 Å². The molecule has 0 aromatic carbocycles. The molecule has 22 heavy (non-hydrogen) atoms. The Labute approximate surface area is 127 Å². The second kappa shape index (κ2) is 6.50. The Morgan fingerprint density at radius 1 is 1.23 bits per heavy atom. The quantitative estimate of drug-likeness (QED) is 0.774. The van der Waals surface area contributed by atoms with E-state index in [-0.39, 0.29) is 16.8 Å². The molecule has 2 aromatic heterocycles. The lowest BCUT2D eigenvalue weighted by molar-refractivity contribution is 0.249. The van der Waals surface area contributed by atoms with Crippen molar-refractivity contribution in [1.82, 2.24) is 15.3 Å². The second-order valence-corrected chi connectivity index (χ2v) is 6.04. The lowest BCUT2D eigenvalue weighted by atomic mass is 10.1. The number of amides is 2. The smallest absolute Gasteiger partial charge is 0.319 e. The maximum atomic E-state index is 11.9. The number of primary sulfonamides is 1. The first-order valence-corrected chi connectivity index (χ1v) is 7.87. The predicted molar refractivity (Wildman–Crippen MR) is 80.4 cm³/mol. The van der Waals surface area contributed by atoms with E-state index < -0.39 is 16.1 Å². The summed E-state index contributed by atoms with van der Waals surface area (Å²) < 4.78 is 22.4. The van der Waals surface area contributed by atoms with E-state index in [2.05, 4.69) is 20.6 Å². The van der Waals surface area contributed by atoms with E-state index in [4.69, 9.17) is 5.14 Å². The fourth-order valence-corrected chi connectivity index (χ4v) is 2.24. The van der Waals surface area contributed by atoms with Crippen LogP contribution in [0.5, 0.6) is 0 Å². The molecule has 0 aliphatic heterocycles. The van der Waals surface area contributed by atoms with Gasteiger partial charge in [-0.1, -0.05) is 0 Å². The number of carbonyl (C=O) groups is 1. The summed E-state index contributed by atoms with van der Waals surface area (Å²) in [7, 11) is -3.92. The average Bonchev–Trinajstić information content (AvgIpc) is 2.47. The maximum Gasteiger partial charge on any atom is 0.319 e. The van der Waals surface area contributed by atoms with E-state index in [1.807, 2.05) is 6.92 Å². The maximum absolute atomic E-state index is 11.9. The third-order valence-corrected chi connectivity index (χ3v) is 3.64. The molecule has 0 saturated heterocycles. The Bertz CT molecular complexity index is 764. The fraction of sp³-hybridized carbons (Fsp3) is 0.154. The standard InChI is InChI=1S/C13H15N5O3S/c1-9(10-2-5-15-6-3-10)17-13(19)18-11-4-7-16-12(8-11)22(14,20)21/h2-9H,1H3,(H2,14,20,21)(H2,16,17,18,19). The minimum atomic E-state index is -3.92. The number of rotatable bonds is 4. The number of hydrogen-bond donors (Lipinski definition) is 3. The van der Waals surface area contributed by atoms with Gasteiger partial charge in [-0.3, -0.25) is 4.98 Å². The van der Waals surface area contributed by atoms with Gasteiger partial charge in [0, 0.05) is 30.3 Å². The van der Waals surface area contributed by atoms with E-state index >= 15 is 0 Å². The molecular formula is C13H15N5O3S. The highest BCUT2D eigenvalue weighted by atomic mass is 32.2. The molecule has 0 bridgehead atoms. The summed E-state index contributed by atoms with van der Waals surface area (Å²) in [6, 6.07) is 5.52. The van der Waals surface area contributed by atoms with Crippen molar-refractivity contribution in [3.05, 3.63) is 48.4 Å². The van der Waals surface area contributed by atoms with Gasteiger partial charge in [0.05, 0.1) is 6.04 Å². The highest BCUT2D eigenvalue weighted by Gasteiger charge is 2.12. The molecule has 0 aliphatic carbocycles. The van der Waals surface area contributed by atoms with Crippen molar-refractivity contribution >= 4 is 21.7 Å². The third kappa shape index (κ3) is 4.24. The summed E-state index contributed by atoms with van der Waals surface area (Å²) in [5.41, 5.74) is 1.17. The Morgan fingerprint density at radius 3 is 2.55 bits per heavy atom. The first-order chi connectivity index (χ1) is 10.4. The first kappa shape index (κ1) is 15.9. The Hall–Kier alpha value is -2.52. The molecule has 0 fully saturated rings. The van der Waals surface area contributed by atoms with Crippen molar-refractivity contribution in [2.45, 2.75) is 18.0 Å². The van der Waals surface area contributed by atoms with Crippen molar-refractivity contribution in [3.63, 3.8) is 0 Å². The molecule has 0 saturated carbocycles. The van der Waals surface area contributed by atoms with Crippen LogP contribution in [0.3, 0.4) is 0 Å². The summed E-state index contributed by atoms with van der Waals surface area (Å²) in [4.78, 5) is 19.5. The van der Waals surface area contributed by atoms with Gasteiger partial charge < -0.3 is 10.6 Å². The van der Waals surface area contributed by atoms with Crippen LogP contribution in [0.25, 0.3) is 0 Å². The Kier molecular flexibility index (Phi) is 4.68. The van der Waals surface area contributed by atoms with E-state index in [1.165, 1.54) is 18.3 Å². The zero-order chi connectivity index (χ0) is 16.2. The normalized spacial score (nSPS) is 12.5. The van der Waals surface area contributed by atoms with E-state index in [1.54, 1.807) is 24.5 Å². The molecule has 4 N–H and O–H groups in total. The monoisotopic (exact) mass is 321 g/mol. The molecule has 0 radical (unpaired) electrons. The molecule has 116 valence electrons. The summed E-state index contributed by atoms with van der Waals surface area (Å²) >= 11 is 0. The van der Waals surface area contributed by atoms with E-state index in [0.717, 1.165) is 5.56 Å². The van der Waals surface area contributed by atoms with Crippen LogP contribution in [-0.4, -0.2) is 24.4 Å². The van der Waals surface area contributed by atoms with Gasteiger partial charge >= 0.3 is 6.03 Å². The van der Waals surface area contributed by atoms with Crippen LogP contribution in [0.4, 0.5) is 10.5 Å². The first-order valence-electron chi connectivity index (χ1n) is 6.32. The topological polar surface area (TPSA) is 127 Å². The zero-order valence-corrected chi connectivity index (χ0v) is 12.5. The molecule has 0 spiro atoms. The van der Waals surface area contributed by atoms with E-state index in [9.17, 15) is 13.2 Å². The van der Waals surface area contributed by atoms with Crippen molar-refractivity contribution in [2.75, 3.05) is 5.32 Å². The van der Waals surface area contributed by atoms with Crippen LogP contribution >= 0.6 is 0 Å². The van der Waals surface area contributed by atoms with Gasteiger partial charge in [0.2, 0.25) is 0 Å². The minimum absolute atomic E-state index is 0.234. The van der Waals surface area contributed by atoms with Gasteiger partial charge in [-0.25, -0.2) is 23.3 Å². The minimum Gasteiger partial charge on any atom is -0.331 e. The molecule has 2 rings (SSSR count). The molecule has 1 atom stereocenters. The summed E-state index contributed by atoms with van der Waals surface area (Å²) in [5, 5.41) is 9.93. The lowest BCUT2D eigenvalue weighted by Crippen LogP contribution is -2.31. The molecule has 1 unspecified atom stereocenters. The Morgan fingerprint density at radius 2 is 1.91 bits per heavy atom. The molecule has 9 heteroatoms. The summed E-state index contributed by atoms with van der Waals surface area (Å²) in [5.74, 6) is 0. The fourth-order valence-electron chi connectivity index (χ4n) is 1.74. The highest BCUT2D eigenvalue weighted by molar-refractivity contribution is 7.89. The van der Waals surface area contributed by atoms with Crippen LogP contribution in [0.2, 0.25) is 0 Å². The number of anilines is 1. The van der Waals surface area contributed by atoms with Crippen LogP contribution in [0.1, 0.15) is 18.5 Å². The number of carbonyl (C=O) groups excluding carboxylic acids is 1. The van der Waals surface area contributed by atoms with Gasteiger partial charge in [0.15, 0.2) is 5.03 Å². The molecule has 2 aromatic rings. The molecule has 0 aliphatic rings. The largest absolute Gasteiger partial charge is 0.331 e. The van der Waals surface area contributed by atoms with Crippen molar-refractivity contribution in [3.8, 4) is 0 Å². The number of nitrogens with zero attached hydrogens (tertiary/aromatic N) is 2. The van der Waals surface area contributed by atoms with E-state index in [0.29, 0.717) is 0 Å². The number of nitrogens with two attached hydrogens (primary N) is 1. The number of aromatic nitrogens is 2. The predicted octanol–water partition coefficient (Wildman–Crippen LogP) is 1.01. The lowest BCUT2D eigenvalue weighted by Gasteiger charge is -2.15. The van der Waals surface area contributed by atoms with Crippen LogP contribution in [0, 0.1) is 0 Å². The van der Waals surface area contributed by atoms with Gasteiger partial charge in [-0.05, 0) is 30.7 Å². The van der Waals surface area contributed by atoms with Crippen molar-refractivity contribution in [2.24, 2.45) is 5.14 Å². The highest BCUT2D eigenvalue weighted by Crippen LogP contribution is 2.13. The number of pyridine rings is 2. The second-order valence-electron chi connectivity index (χ2n) is 4.53. The van der Waals surface area contributed by atoms with Crippen molar-refractivity contribution in [1.29, 1.82) is 0 Å². The summed E-state index contributed by atoms with van der Waals surface area (Å²) in [6.45, 7) is 1.82. The van der Waals surface area contributed by atoms with Crippen LogP contribution < -0.4 is 15.8 Å².